The Labute approximate surface area is 146 Å². The highest BCUT2D eigenvalue weighted by Crippen LogP contribution is 2.58. The van der Waals surface area contributed by atoms with Gasteiger partial charge in [0, 0.05) is 4.47 Å². The maximum absolute atomic E-state index is 12.1. The minimum Gasteiger partial charge on any atom is -0.358 e. The van der Waals surface area contributed by atoms with Crippen LogP contribution in [0.3, 0.4) is 0 Å². The van der Waals surface area contributed by atoms with Crippen LogP contribution in [-0.2, 0) is 20.7 Å². The molecule has 4 heteroatoms. The number of carbonyl (C=O) groups is 1. The summed E-state index contributed by atoms with van der Waals surface area (Å²) in [7, 11) is 0. The van der Waals surface area contributed by atoms with Crippen LogP contribution < -0.4 is 0 Å². The van der Waals surface area contributed by atoms with Crippen LogP contribution in [0.25, 0.3) is 0 Å². The standard InChI is InChI=1S/C11H16O3.C8H9Br/c1-9(2)8(12)11(7-13-11)10(14-9)5-3-4-6-10;1-2-7-4-3-5-8(9)6-7/h3-7H2,1-2H3;3-6H,2H2,1H3. The van der Waals surface area contributed by atoms with E-state index in [0.29, 0.717) is 6.61 Å². The van der Waals surface area contributed by atoms with E-state index in [1.807, 2.05) is 19.9 Å². The van der Waals surface area contributed by atoms with Crippen LogP contribution in [-0.4, -0.2) is 29.2 Å². The molecule has 126 valence electrons. The molecular formula is C19H25BrO3. The van der Waals surface area contributed by atoms with Gasteiger partial charge in [-0.1, -0.05) is 47.8 Å². The Morgan fingerprint density at radius 1 is 1.22 bits per heavy atom. The lowest BCUT2D eigenvalue weighted by molar-refractivity contribution is -0.133. The van der Waals surface area contributed by atoms with E-state index < -0.39 is 11.2 Å². The van der Waals surface area contributed by atoms with Crippen LogP contribution in [0.5, 0.6) is 0 Å². The first kappa shape index (κ1) is 17.1. The van der Waals surface area contributed by atoms with Crippen LogP contribution in [0.1, 0.15) is 52.0 Å². The molecule has 2 spiro atoms. The fourth-order valence-corrected chi connectivity index (χ4v) is 4.43. The van der Waals surface area contributed by atoms with E-state index in [9.17, 15) is 4.79 Å². The van der Waals surface area contributed by atoms with Crippen LogP contribution in [0.2, 0.25) is 0 Å². The van der Waals surface area contributed by atoms with Gasteiger partial charge in [0.25, 0.3) is 0 Å². The van der Waals surface area contributed by atoms with Crippen molar-refractivity contribution in [2.75, 3.05) is 6.61 Å². The van der Waals surface area contributed by atoms with Crippen molar-refractivity contribution in [3.63, 3.8) is 0 Å². The number of halogens is 1. The topological polar surface area (TPSA) is 38.8 Å². The minimum absolute atomic E-state index is 0.159. The highest BCUT2D eigenvalue weighted by molar-refractivity contribution is 9.10. The van der Waals surface area contributed by atoms with Crippen LogP contribution >= 0.6 is 15.9 Å². The van der Waals surface area contributed by atoms with Crippen molar-refractivity contribution in [1.82, 2.24) is 0 Å². The summed E-state index contributed by atoms with van der Waals surface area (Å²) < 4.78 is 12.6. The molecule has 1 unspecified atom stereocenters. The molecule has 2 saturated heterocycles. The van der Waals surface area contributed by atoms with Gasteiger partial charge in [0.1, 0.15) is 11.2 Å². The van der Waals surface area contributed by atoms with Crippen LogP contribution in [0, 0.1) is 0 Å². The molecule has 0 bridgehead atoms. The maximum atomic E-state index is 12.1. The number of ether oxygens (including phenoxy) is 2. The largest absolute Gasteiger partial charge is 0.358 e. The Hall–Kier alpha value is -0.710. The van der Waals surface area contributed by atoms with E-state index in [2.05, 4.69) is 41.1 Å². The number of hydrogen-bond acceptors (Lipinski definition) is 3. The molecule has 0 amide bonds. The molecule has 1 aromatic rings. The third kappa shape index (κ3) is 2.90. The van der Waals surface area contributed by atoms with Crippen molar-refractivity contribution in [3.8, 4) is 0 Å². The van der Waals surface area contributed by atoms with Crippen molar-refractivity contribution in [2.24, 2.45) is 0 Å². The third-order valence-corrected chi connectivity index (χ3v) is 5.73. The van der Waals surface area contributed by atoms with Gasteiger partial charge >= 0.3 is 0 Å². The highest BCUT2D eigenvalue weighted by Gasteiger charge is 2.76. The fourth-order valence-electron chi connectivity index (χ4n) is 3.99. The lowest BCUT2D eigenvalue weighted by atomic mass is 9.83. The summed E-state index contributed by atoms with van der Waals surface area (Å²) in [5, 5.41) is 0. The monoisotopic (exact) mass is 380 g/mol. The van der Waals surface area contributed by atoms with E-state index in [-0.39, 0.29) is 11.4 Å². The first-order valence-electron chi connectivity index (χ1n) is 8.49. The van der Waals surface area contributed by atoms with E-state index in [4.69, 9.17) is 9.47 Å². The van der Waals surface area contributed by atoms with Gasteiger partial charge in [-0.05, 0) is 50.8 Å². The summed E-state index contributed by atoms with van der Waals surface area (Å²) in [6.45, 7) is 6.47. The molecule has 3 aliphatic rings. The first-order valence-corrected chi connectivity index (χ1v) is 9.28. The predicted octanol–water partition coefficient (Wildman–Crippen LogP) is 4.46. The summed E-state index contributed by atoms with van der Waals surface area (Å²) in [5.74, 6) is 0.159. The SMILES string of the molecule is CC1(C)OC2(CCCC2)C2(CO2)C1=O.CCc1cccc(Br)c1. The van der Waals surface area contributed by atoms with Gasteiger partial charge in [0.05, 0.1) is 6.61 Å². The lowest BCUT2D eigenvalue weighted by Gasteiger charge is -2.27. The van der Waals surface area contributed by atoms with Crippen molar-refractivity contribution in [2.45, 2.75) is 69.7 Å². The molecule has 0 radical (unpaired) electrons. The lowest BCUT2D eigenvalue weighted by Crippen LogP contribution is -2.43. The predicted molar refractivity (Wildman–Crippen MR) is 93.6 cm³/mol. The number of Topliss-reactive ketones (excluding diaryl/α,β-unsaturated/α-hetero) is 1. The number of ketones is 1. The Bertz CT molecular complexity index is 598. The van der Waals surface area contributed by atoms with Gasteiger partial charge in [-0.25, -0.2) is 0 Å². The Morgan fingerprint density at radius 2 is 1.87 bits per heavy atom. The molecule has 0 N–H and O–H groups in total. The molecule has 1 saturated carbocycles. The zero-order valence-corrected chi connectivity index (χ0v) is 15.7. The number of fused-ring (bicyclic) bond motifs is 1. The second-order valence-electron chi connectivity index (χ2n) is 7.24. The summed E-state index contributed by atoms with van der Waals surface area (Å²) in [6.07, 6.45) is 5.41. The van der Waals surface area contributed by atoms with Gasteiger partial charge in [0.2, 0.25) is 5.78 Å². The van der Waals surface area contributed by atoms with Crippen molar-refractivity contribution < 1.29 is 14.3 Å². The summed E-state index contributed by atoms with van der Waals surface area (Å²) in [5.41, 5.74) is -0.0779. The van der Waals surface area contributed by atoms with Crippen molar-refractivity contribution in [1.29, 1.82) is 0 Å². The van der Waals surface area contributed by atoms with Crippen molar-refractivity contribution >= 4 is 21.7 Å². The molecule has 3 fully saturated rings. The Kier molecular flexibility index (Phi) is 4.45. The van der Waals surface area contributed by atoms with Gasteiger partial charge in [0.15, 0.2) is 5.60 Å². The summed E-state index contributed by atoms with van der Waals surface area (Å²) in [4.78, 5) is 12.1. The smallest absolute Gasteiger partial charge is 0.201 e. The fraction of sp³-hybridized carbons (Fsp3) is 0.632. The third-order valence-electron chi connectivity index (χ3n) is 5.24. The number of aryl methyl sites for hydroxylation is 1. The molecule has 1 aliphatic carbocycles. The molecule has 1 aromatic carbocycles. The molecule has 2 heterocycles. The average Bonchev–Trinajstić information content (AvgIpc) is 3.17. The maximum Gasteiger partial charge on any atom is 0.201 e. The normalized spacial score (nSPS) is 29.7. The first-order chi connectivity index (χ1) is 10.9. The minimum atomic E-state index is -0.638. The Morgan fingerprint density at radius 3 is 2.35 bits per heavy atom. The van der Waals surface area contributed by atoms with E-state index in [1.54, 1.807) is 0 Å². The van der Waals surface area contributed by atoms with Gasteiger partial charge < -0.3 is 9.47 Å². The van der Waals surface area contributed by atoms with E-state index in [0.717, 1.165) is 32.1 Å². The molecule has 1 atom stereocenters. The number of hydrogen-bond donors (Lipinski definition) is 0. The zero-order valence-electron chi connectivity index (χ0n) is 14.2. The zero-order chi connectivity index (χ0) is 16.7. The molecule has 3 nitrogen and oxygen atoms in total. The number of rotatable bonds is 1. The van der Waals surface area contributed by atoms with Crippen molar-refractivity contribution in [3.05, 3.63) is 34.3 Å². The molecular weight excluding hydrogens is 356 g/mol. The molecule has 2 aliphatic heterocycles. The van der Waals surface area contributed by atoms with E-state index >= 15 is 0 Å². The number of epoxide rings is 1. The second-order valence-corrected chi connectivity index (χ2v) is 8.16. The van der Waals surface area contributed by atoms with Crippen LogP contribution in [0.4, 0.5) is 0 Å². The van der Waals surface area contributed by atoms with Crippen LogP contribution in [0.15, 0.2) is 28.7 Å². The summed E-state index contributed by atoms with van der Waals surface area (Å²) in [6, 6.07) is 8.37. The molecule has 23 heavy (non-hydrogen) atoms. The number of carbonyl (C=O) groups excluding carboxylic acids is 1. The average molecular weight is 381 g/mol. The quantitative estimate of drug-likeness (QED) is 0.675. The Balaban J connectivity index is 0.000000151. The summed E-state index contributed by atoms with van der Waals surface area (Å²) >= 11 is 3.40. The number of benzene rings is 1. The van der Waals surface area contributed by atoms with E-state index in [1.165, 1.54) is 10.0 Å². The highest BCUT2D eigenvalue weighted by atomic mass is 79.9. The second kappa shape index (κ2) is 5.98. The van der Waals surface area contributed by atoms with Gasteiger partial charge in [-0.2, -0.15) is 0 Å². The molecule has 0 aromatic heterocycles. The van der Waals surface area contributed by atoms with Gasteiger partial charge in [-0.3, -0.25) is 4.79 Å². The molecule has 4 rings (SSSR count). The van der Waals surface area contributed by atoms with Gasteiger partial charge in [-0.15, -0.1) is 0 Å².